The number of halogens is 2. The molecule has 0 radical (unpaired) electrons. The van der Waals surface area contributed by atoms with Gasteiger partial charge in [0.05, 0.1) is 12.2 Å². The van der Waals surface area contributed by atoms with Crippen molar-refractivity contribution in [1.82, 2.24) is 20.3 Å². The van der Waals surface area contributed by atoms with E-state index in [-0.39, 0.29) is 39.4 Å². The van der Waals surface area contributed by atoms with Crippen molar-refractivity contribution >= 4 is 27.5 Å². The first-order valence-electron chi connectivity index (χ1n) is 13.4. The summed E-state index contributed by atoms with van der Waals surface area (Å²) in [5.41, 5.74) is 0.0911. The van der Waals surface area contributed by atoms with Crippen molar-refractivity contribution in [3.05, 3.63) is 47.8 Å². The van der Waals surface area contributed by atoms with Crippen LogP contribution < -0.4 is 15.0 Å². The van der Waals surface area contributed by atoms with Gasteiger partial charge in [-0.2, -0.15) is 0 Å². The molecule has 0 amide bonds. The van der Waals surface area contributed by atoms with E-state index in [1.54, 1.807) is 0 Å². The van der Waals surface area contributed by atoms with Gasteiger partial charge in [-0.3, -0.25) is 0 Å². The number of ether oxygens (including phenoxy) is 1. The molecule has 2 aliphatic heterocycles. The molecular formula is C30H27F2N5O2. The Balaban J connectivity index is 1.45. The maximum atomic E-state index is 16.4. The van der Waals surface area contributed by atoms with Crippen LogP contribution in [0.5, 0.6) is 11.6 Å². The Bertz CT molecular complexity index is 1650. The highest BCUT2D eigenvalue weighted by Crippen LogP contribution is 2.42. The Labute approximate surface area is 224 Å². The molecule has 39 heavy (non-hydrogen) atoms. The smallest absolute Gasteiger partial charge is 0.227 e. The molecule has 2 aromatic carbocycles. The van der Waals surface area contributed by atoms with Crippen LogP contribution >= 0.6 is 0 Å². The fourth-order valence-corrected chi connectivity index (χ4v) is 6.03. The molecule has 2 saturated heterocycles. The largest absolute Gasteiger partial charge is 0.508 e. The number of hydrogen-bond acceptors (Lipinski definition) is 7. The topological polar surface area (TPSA) is 83.4 Å². The Kier molecular flexibility index (Phi) is 5.74. The number of benzene rings is 2. The zero-order valence-electron chi connectivity index (χ0n) is 21.3. The minimum atomic E-state index is -0.708. The van der Waals surface area contributed by atoms with Crippen LogP contribution in [-0.4, -0.2) is 51.8 Å². The van der Waals surface area contributed by atoms with E-state index in [4.69, 9.17) is 11.2 Å². The number of anilines is 1. The molecule has 2 aromatic heterocycles. The predicted molar refractivity (Wildman–Crippen MR) is 145 cm³/mol. The van der Waals surface area contributed by atoms with E-state index in [1.165, 1.54) is 43.4 Å². The molecular weight excluding hydrogens is 500 g/mol. The lowest BCUT2D eigenvalue weighted by atomic mass is 9.95. The number of aromatic hydroxyl groups is 1. The summed E-state index contributed by atoms with van der Waals surface area (Å²) in [4.78, 5) is 15.7. The third-order valence-corrected chi connectivity index (χ3v) is 8.10. The van der Waals surface area contributed by atoms with Gasteiger partial charge in [0.2, 0.25) is 5.88 Å². The number of phenols is 1. The van der Waals surface area contributed by atoms with E-state index in [1.807, 2.05) is 0 Å². The number of aromatic nitrogens is 3. The summed E-state index contributed by atoms with van der Waals surface area (Å²) >= 11 is 0. The standard InChI is InChI=1S/C30H27F2N5O2/c1-2-21-23(31)8-5-17-11-20(38)12-22(24(17)21)27-26(32)28-25(30(36-27)39-10-9-16-3-4-16)29(34-15-33-28)37-13-18-6-7-19(14-37)35-18/h1,5,8,11-12,15-16,18-19,35,38H,3-4,6-7,9-10,13-14H2. The number of piperazine rings is 1. The van der Waals surface area contributed by atoms with Crippen molar-refractivity contribution in [2.75, 3.05) is 24.6 Å². The van der Waals surface area contributed by atoms with Crippen LogP contribution in [0.4, 0.5) is 14.6 Å². The normalized spacial score (nSPS) is 20.5. The van der Waals surface area contributed by atoms with E-state index in [0.29, 0.717) is 41.2 Å². The van der Waals surface area contributed by atoms with Crippen LogP contribution in [0.3, 0.4) is 0 Å². The second kappa shape index (κ2) is 9.31. The molecule has 2 unspecified atom stereocenters. The molecule has 7 nitrogen and oxygen atoms in total. The molecule has 0 spiro atoms. The number of nitrogens with one attached hydrogen (secondary N) is 1. The summed E-state index contributed by atoms with van der Waals surface area (Å²) in [6.07, 6.45) is 12.4. The molecule has 2 N–H and O–H groups in total. The first kappa shape index (κ1) is 24.0. The Hall–Kier alpha value is -4.03. The highest BCUT2D eigenvalue weighted by atomic mass is 19.1. The van der Waals surface area contributed by atoms with Gasteiger partial charge in [0.25, 0.3) is 0 Å². The van der Waals surface area contributed by atoms with Crippen molar-refractivity contribution in [1.29, 1.82) is 0 Å². The highest BCUT2D eigenvalue weighted by Gasteiger charge is 2.35. The van der Waals surface area contributed by atoms with Crippen molar-refractivity contribution in [3.63, 3.8) is 0 Å². The Morgan fingerprint density at radius 2 is 1.87 bits per heavy atom. The van der Waals surface area contributed by atoms with Crippen molar-refractivity contribution in [3.8, 4) is 35.2 Å². The van der Waals surface area contributed by atoms with Crippen LogP contribution in [-0.2, 0) is 0 Å². The Morgan fingerprint density at radius 1 is 1.08 bits per heavy atom. The monoisotopic (exact) mass is 527 g/mol. The molecule has 4 heterocycles. The van der Waals surface area contributed by atoms with Gasteiger partial charge >= 0.3 is 0 Å². The van der Waals surface area contributed by atoms with E-state index in [9.17, 15) is 9.50 Å². The maximum Gasteiger partial charge on any atom is 0.227 e. The van der Waals surface area contributed by atoms with Crippen LogP contribution in [0, 0.1) is 29.9 Å². The molecule has 2 bridgehead atoms. The summed E-state index contributed by atoms with van der Waals surface area (Å²) in [6, 6.07) is 6.24. The second-order valence-corrected chi connectivity index (χ2v) is 10.8. The summed E-state index contributed by atoms with van der Waals surface area (Å²) in [5.74, 6) is 2.38. The Morgan fingerprint density at radius 3 is 2.62 bits per heavy atom. The van der Waals surface area contributed by atoms with Crippen molar-refractivity contribution in [2.24, 2.45) is 5.92 Å². The fraction of sp³-hybridized carbons (Fsp3) is 0.367. The zero-order chi connectivity index (χ0) is 26.7. The minimum absolute atomic E-state index is 0.0281. The number of hydrogen-bond donors (Lipinski definition) is 2. The summed E-state index contributed by atoms with van der Waals surface area (Å²) in [7, 11) is 0. The SMILES string of the molecule is C#Cc1c(F)ccc2cc(O)cc(-c3nc(OCCC4CC4)c4c(N5CC6CCC(C5)N6)ncnc4c3F)c12. The number of rotatable bonds is 6. The fourth-order valence-electron chi connectivity index (χ4n) is 6.03. The summed E-state index contributed by atoms with van der Waals surface area (Å²) in [5, 5.41) is 15.3. The first-order valence-corrected chi connectivity index (χ1v) is 13.4. The summed E-state index contributed by atoms with van der Waals surface area (Å²) < 4.78 is 37.4. The third kappa shape index (κ3) is 4.20. The van der Waals surface area contributed by atoms with Gasteiger partial charge in [0.15, 0.2) is 5.82 Å². The van der Waals surface area contributed by atoms with Gasteiger partial charge in [-0.05, 0) is 48.8 Å². The third-order valence-electron chi connectivity index (χ3n) is 8.10. The van der Waals surface area contributed by atoms with Gasteiger partial charge in [-0.25, -0.2) is 23.7 Å². The molecule has 198 valence electrons. The van der Waals surface area contributed by atoms with E-state index in [0.717, 1.165) is 32.4 Å². The first-order chi connectivity index (χ1) is 19.0. The van der Waals surface area contributed by atoms with Gasteiger partial charge in [-0.1, -0.05) is 24.8 Å². The van der Waals surface area contributed by atoms with Crippen molar-refractivity contribution in [2.45, 2.75) is 44.2 Å². The molecule has 9 heteroatoms. The molecule has 3 aliphatic rings. The van der Waals surface area contributed by atoms with Gasteiger partial charge in [0.1, 0.15) is 40.3 Å². The zero-order valence-corrected chi connectivity index (χ0v) is 21.3. The number of fused-ring (bicyclic) bond motifs is 4. The molecule has 4 aromatic rings. The molecule has 1 saturated carbocycles. The van der Waals surface area contributed by atoms with Crippen LogP contribution in [0.15, 0.2) is 30.6 Å². The quantitative estimate of drug-likeness (QED) is 0.344. The lowest BCUT2D eigenvalue weighted by Crippen LogP contribution is -2.51. The van der Waals surface area contributed by atoms with Crippen LogP contribution in [0.25, 0.3) is 32.9 Å². The number of phenolic OH excluding ortho intramolecular Hbond substituents is 1. The van der Waals surface area contributed by atoms with Gasteiger partial charge in [0, 0.05) is 36.1 Å². The summed E-state index contributed by atoms with van der Waals surface area (Å²) in [6.45, 7) is 1.91. The maximum absolute atomic E-state index is 16.4. The van der Waals surface area contributed by atoms with E-state index < -0.39 is 11.6 Å². The van der Waals surface area contributed by atoms with Crippen molar-refractivity contribution < 1.29 is 18.6 Å². The number of pyridine rings is 1. The van der Waals surface area contributed by atoms with Gasteiger partial charge < -0.3 is 20.1 Å². The number of terminal acetylenes is 1. The van der Waals surface area contributed by atoms with E-state index >= 15 is 4.39 Å². The van der Waals surface area contributed by atoms with Crippen LogP contribution in [0.1, 0.15) is 37.7 Å². The molecule has 7 rings (SSSR count). The lowest BCUT2D eigenvalue weighted by molar-refractivity contribution is 0.295. The average Bonchev–Trinajstić information content (AvgIpc) is 3.71. The molecule has 1 aliphatic carbocycles. The highest BCUT2D eigenvalue weighted by molar-refractivity contribution is 6.04. The minimum Gasteiger partial charge on any atom is -0.508 e. The molecule has 3 fully saturated rings. The lowest BCUT2D eigenvalue weighted by Gasteiger charge is -2.34. The van der Waals surface area contributed by atoms with E-state index in [2.05, 4.69) is 31.1 Å². The molecule has 2 atom stereocenters. The predicted octanol–water partition coefficient (Wildman–Crippen LogP) is 4.93. The number of nitrogens with zero attached hydrogens (tertiary/aromatic N) is 4. The average molecular weight is 528 g/mol. The second-order valence-electron chi connectivity index (χ2n) is 10.8. The van der Waals surface area contributed by atoms with Gasteiger partial charge in [-0.15, -0.1) is 6.42 Å². The van der Waals surface area contributed by atoms with Crippen LogP contribution in [0.2, 0.25) is 0 Å².